The zero-order valence-electron chi connectivity index (χ0n) is 15.7. The summed E-state index contributed by atoms with van der Waals surface area (Å²) in [5, 5.41) is 12.3. The summed E-state index contributed by atoms with van der Waals surface area (Å²) in [6.45, 7) is 3.70. The third-order valence-electron chi connectivity index (χ3n) is 4.38. The molecule has 2 atom stereocenters. The topological polar surface area (TPSA) is 87.9 Å². The second-order valence-electron chi connectivity index (χ2n) is 6.37. The first-order chi connectivity index (χ1) is 13.5. The summed E-state index contributed by atoms with van der Waals surface area (Å²) in [7, 11) is 0. The van der Waals surface area contributed by atoms with Crippen LogP contribution in [0.1, 0.15) is 29.5 Å². The summed E-state index contributed by atoms with van der Waals surface area (Å²) in [6.07, 6.45) is -1.25. The quantitative estimate of drug-likeness (QED) is 0.563. The molecule has 1 aliphatic heterocycles. The maximum Gasteiger partial charge on any atom is 0.406 e. The normalized spacial score (nSPS) is 18.5. The Morgan fingerprint density at radius 3 is 2.39 bits per heavy atom. The van der Waals surface area contributed by atoms with Crippen molar-refractivity contribution in [2.24, 2.45) is 0 Å². The van der Waals surface area contributed by atoms with E-state index in [1.807, 2.05) is 37.3 Å². The first-order valence-corrected chi connectivity index (χ1v) is 8.96. The first kappa shape index (κ1) is 19.4. The van der Waals surface area contributed by atoms with Crippen molar-refractivity contribution in [2.45, 2.75) is 32.5 Å². The Bertz CT molecular complexity index is 876. The molecule has 0 saturated heterocycles. The molecule has 0 aliphatic carbocycles. The Kier molecular flexibility index (Phi) is 5.93. The highest BCUT2D eigenvalue weighted by molar-refractivity contribution is 6.37. The Morgan fingerprint density at radius 2 is 1.75 bits per heavy atom. The van der Waals surface area contributed by atoms with E-state index in [-0.39, 0.29) is 23.8 Å². The Morgan fingerprint density at radius 1 is 1.07 bits per heavy atom. The van der Waals surface area contributed by atoms with Gasteiger partial charge in [-0.25, -0.2) is 4.79 Å². The van der Waals surface area contributed by atoms with Gasteiger partial charge in [0, 0.05) is 0 Å². The molecule has 0 saturated carbocycles. The molecule has 2 aromatic rings. The smallest absolute Gasteiger partial charge is 0.406 e. The standard InChI is InChI=1S/C21H21NO6/c1-3-26-21(24)19-17(16-11-9-14(2)10-12-16)18(22(25)28-19)20(23)27-13-15-7-5-4-6-8-15/h4-12,17,19H,3,13H2,1-2H3/t17-,19-/m1/s1. The predicted molar refractivity (Wildman–Crippen MR) is 100 cm³/mol. The molecule has 146 valence electrons. The highest BCUT2D eigenvalue weighted by Gasteiger charge is 2.50. The van der Waals surface area contributed by atoms with Gasteiger partial charge in [-0.15, -0.1) is 0 Å². The SMILES string of the molecule is CCOC(=O)[C@@H]1O[N+]([O-])=C(C(=O)OCc2ccccc2)[C@H]1c1ccc(C)cc1. The molecular formula is C21H21NO6. The number of hydrogen-bond donors (Lipinski definition) is 0. The zero-order valence-corrected chi connectivity index (χ0v) is 15.7. The van der Waals surface area contributed by atoms with Crippen molar-refractivity contribution in [1.29, 1.82) is 0 Å². The van der Waals surface area contributed by atoms with Gasteiger partial charge < -0.3 is 14.3 Å². The number of benzene rings is 2. The van der Waals surface area contributed by atoms with E-state index in [4.69, 9.17) is 14.3 Å². The number of carbonyl (C=O) groups is 2. The molecule has 0 bridgehead atoms. The maximum absolute atomic E-state index is 12.7. The van der Waals surface area contributed by atoms with Gasteiger partial charge in [0.1, 0.15) is 12.5 Å². The third kappa shape index (κ3) is 4.14. The van der Waals surface area contributed by atoms with Gasteiger partial charge in [-0.3, -0.25) is 10.0 Å². The summed E-state index contributed by atoms with van der Waals surface area (Å²) in [5.74, 6) is -2.46. The lowest BCUT2D eigenvalue weighted by atomic mass is 9.89. The van der Waals surface area contributed by atoms with Crippen LogP contribution in [0.15, 0.2) is 54.6 Å². The maximum atomic E-state index is 12.7. The summed E-state index contributed by atoms with van der Waals surface area (Å²) in [5.41, 5.74) is 2.09. The minimum Gasteiger partial charge on any atom is -0.465 e. The largest absolute Gasteiger partial charge is 0.465 e. The fourth-order valence-corrected chi connectivity index (χ4v) is 2.99. The lowest BCUT2D eigenvalue weighted by Gasteiger charge is -2.17. The summed E-state index contributed by atoms with van der Waals surface area (Å²) in [4.78, 5) is 30.2. The minimum atomic E-state index is -1.25. The van der Waals surface area contributed by atoms with Crippen molar-refractivity contribution in [1.82, 2.24) is 0 Å². The third-order valence-corrected chi connectivity index (χ3v) is 4.38. The zero-order chi connectivity index (χ0) is 20.1. The second kappa shape index (κ2) is 8.56. The van der Waals surface area contributed by atoms with Gasteiger partial charge in [0.05, 0.1) is 11.5 Å². The molecule has 0 radical (unpaired) electrons. The van der Waals surface area contributed by atoms with Gasteiger partial charge in [0.2, 0.25) is 0 Å². The van der Waals surface area contributed by atoms with Gasteiger partial charge >= 0.3 is 17.7 Å². The van der Waals surface area contributed by atoms with Crippen molar-refractivity contribution < 1.29 is 28.8 Å². The lowest BCUT2D eigenvalue weighted by molar-refractivity contribution is -0.736. The molecule has 7 nitrogen and oxygen atoms in total. The second-order valence-corrected chi connectivity index (χ2v) is 6.37. The van der Waals surface area contributed by atoms with Crippen molar-refractivity contribution in [3.8, 4) is 0 Å². The molecule has 0 amide bonds. The van der Waals surface area contributed by atoms with Crippen molar-refractivity contribution >= 4 is 17.7 Å². The number of rotatable bonds is 6. The molecule has 3 rings (SSSR count). The van der Waals surface area contributed by atoms with E-state index in [2.05, 4.69) is 0 Å². The van der Waals surface area contributed by atoms with Crippen molar-refractivity contribution in [2.75, 3.05) is 6.61 Å². The van der Waals surface area contributed by atoms with Gasteiger partial charge in [0.15, 0.2) is 6.10 Å². The average molecular weight is 383 g/mol. The molecule has 2 aromatic carbocycles. The van der Waals surface area contributed by atoms with Crippen LogP contribution in [0, 0.1) is 12.1 Å². The number of hydrogen-bond acceptors (Lipinski definition) is 6. The number of nitrogens with zero attached hydrogens (tertiary/aromatic N) is 1. The number of aryl methyl sites for hydroxylation is 1. The molecular weight excluding hydrogens is 362 g/mol. The Labute approximate surface area is 162 Å². The molecule has 1 heterocycles. The lowest BCUT2D eigenvalue weighted by Crippen LogP contribution is -2.34. The van der Waals surface area contributed by atoms with E-state index >= 15 is 0 Å². The first-order valence-electron chi connectivity index (χ1n) is 8.96. The van der Waals surface area contributed by atoms with Crippen LogP contribution in [-0.4, -0.2) is 35.3 Å². The molecule has 28 heavy (non-hydrogen) atoms. The molecule has 0 fully saturated rings. The van der Waals surface area contributed by atoms with Crippen LogP contribution in [0.5, 0.6) is 0 Å². The molecule has 0 unspecified atom stereocenters. The van der Waals surface area contributed by atoms with E-state index in [1.54, 1.807) is 31.2 Å². The fraction of sp³-hybridized carbons (Fsp3) is 0.286. The van der Waals surface area contributed by atoms with E-state index in [9.17, 15) is 14.8 Å². The predicted octanol–water partition coefficient (Wildman–Crippen LogP) is 2.65. The minimum absolute atomic E-state index is 0.00169. The van der Waals surface area contributed by atoms with Crippen LogP contribution >= 0.6 is 0 Å². The van der Waals surface area contributed by atoms with Crippen molar-refractivity contribution in [3.63, 3.8) is 0 Å². The fourth-order valence-electron chi connectivity index (χ4n) is 2.99. The van der Waals surface area contributed by atoms with Crippen LogP contribution in [0.3, 0.4) is 0 Å². The van der Waals surface area contributed by atoms with Crippen LogP contribution < -0.4 is 0 Å². The molecule has 0 aromatic heterocycles. The molecule has 0 N–H and O–H groups in total. The highest BCUT2D eigenvalue weighted by atomic mass is 16.9. The average Bonchev–Trinajstić information content (AvgIpc) is 3.05. The number of ether oxygens (including phenoxy) is 2. The van der Waals surface area contributed by atoms with Gasteiger partial charge in [-0.1, -0.05) is 60.2 Å². The van der Waals surface area contributed by atoms with Gasteiger partial charge in [0.25, 0.3) is 0 Å². The van der Waals surface area contributed by atoms with Crippen LogP contribution in [0.25, 0.3) is 0 Å². The molecule has 1 aliphatic rings. The molecule has 7 heteroatoms. The van der Waals surface area contributed by atoms with Crippen molar-refractivity contribution in [3.05, 3.63) is 76.5 Å². The van der Waals surface area contributed by atoms with Gasteiger partial charge in [-0.05, 0) is 25.0 Å². The number of esters is 2. The monoisotopic (exact) mass is 383 g/mol. The van der Waals surface area contributed by atoms with Gasteiger partial charge in [-0.2, -0.15) is 0 Å². The molecule has 0 spiro atoms. The van der Waals surface area contributed by atoms with E-state index in [1.165, 1.54) is 0 Å². The van der Waals surface area contributed by atoms with Crippen LogP contribution in [0.2, 0.25) is 0 Å². The number of carbonyl (C=O) groups excluding carboxylic acids is 2. The summed E-state index contributed by atoms with van der Waals surface area (Å²) < 4.78 is 10.3. The van der Waals surface area contributed by atoms with E-state index in [0.29, 0.717) is 5.56 Å². The Hall–Kier alpha value is -3.35. The van der Waals surface area contributed by atoms with Crippen LogP contribution in [0.4, 0.5) is 0 Å². The summed E-state index contributed by atoms with van der Waals surface area (Å²) in [6, 6.07) is 16.3. The summed E-state index contributed by atoms with van der Waals surface area (Å²) >= 11 is 0. The van der Waals surface area contributed by atoms with Crippen LogP contribution in [-0.2, 0) is 30.5 Å². The highest BCUT2D eigenvalue weighted by Crippen LogP contribution is 2.31. The van der Waals surface area contributed by atoms with E-state index in [0.717, 1.165) is 11.1 Å². The Balaban J connectivity index is 1.87. The van der Waals surface area contributed by atoms with E-state index < -0.39 is 24.0 Å².